The third kappa shape index (κ3) is 84700. The van der Waals surface area contributed by atoms with Crippen molar-refractivity contribution < 1.29 is 225 Å². The number of carbonyl (C=O) groups is 1. The molecule has 0 heterocycles. The van der Waals surface area contributed by atoms with E-state index >= 15 is 0 Å². The molecule has 0 aliphatic heterocycles. The van der Waals surface area contributed by atoms with Gasteiger partial charge in [-0.3, -0.25) is 73.3 Å². The first kappa shape index (κ1) is 111. The molecule has 0 aromatic heterocycles. The van der Waals surface area contributed by atoms with Crippen LogP contribution in [0.4, 0.5) is 0 Å². The molecule has 0 spiro atoms. The smallest absolute Gasteiger partial charge is 0.314 e. The molecule has 47 nitrogen and oxygen atoms in total. The van der Waals surface area contributed by atoms with Gasteiger partial charge in [-0.05, 0) is 0 Å². The predicted octanol–water partition coefficient (Wildman–Crippen LogP) is -9.50. The van der Waals surface area contributed by atoms with Crippen LogP contribution in [0, 0.1) is 0 Å². The third-order valence-electron chi connectivity index (χ3n) is 0. The fourth-order valence-electron chi connectivity index (χ4n) is 0. The van der Waals surface area contributed by atoms with Crippen LogP contribution in [0.1, 0.15) is 6.92 Å². The maximum atomic E-state index is 9.00. The van der Waals surface area contributed by atoms with E-state index in [0.717, 1.165) is 6.92 Å². The van der Waals surface area contributed by atoms with Gasteiger partial charge in [0.25, 0.3) is 5.97 Å². The molecule has 0 unspecified atom stereocenters. The maximum absolute atomic E-state index is 9.00. The van der Waals surface area contributed by atoms with Crippen LogP contribution in [0.3, 0.4) is 0 Å². The normalized spacial score (nSPS) is 8.59. The Kier molecular flexibility index (Phi) is 185. The van der Waals surface area contributed by atoms with Gasteiger partial charge < -0.3 is 152 Å². The van der Waals surface area contributed by atoms with Gasteiger partial charge in [0, 0.05) is 6.92 Å². The molecule has 64 heavy (non-hydrogen) atoms. The van der Waals surface area contributed by atoms with E-state index in [-0.39, 0.29) is 0 Å². The van der Waals surface area contributed by atoms with Crippen molar-refractivity contribution in [3.05, 3.63) is 0 Å². The van der Waals surface area contributed by atoms with E-state index in [1.54, 1.807) is 0 Å². The van der Waals surface area contributed by atoms with Gasteiger partial charge in [-0.15, -0.1) is 0 Å². The summed E-state index contributed by atoms with van der Waals surface area (Å²) in [6.07, 6.45) is 0. The minimum Gasteiger partial charge on any atom is -0.481 e. The Bertz CT molecular complexity index is 815. The van der Waals surface area contributed by atoms with E-state index < -0.39 is 130 Å². The van der Waals surface area contributed by atoms with Crippen LogP contribution in [-0.2, 0) is 73.3 Å². The summed E-state index contributed by atoms with van der Waals surface area (Å²) < 4.78 is 131. The van der Waals surface area contributed by atoms with Crippen molar-refractivity contribution in [3.63, 3.8) is 0 Å². The molecule has 0 bridgehead atoms. The second kappa shape index (κ2) is 106. The molecule has 0 radical (unpaired) electrons. The molecule has 0 saturated heterocycles. The number of aliphatic carboxylic acids is 1. The largest absolute Gasteiger partial charge is 0.481 e. The Morgan fingerprint density at radius 3 is 0.188 bits per heavy atom. The molecule has 414 valence electrons. The molecule has 0 amide bonds. The fraction of sp³-hybridized carbons (Fsp3) is 0.500. The summed E-state index contributed by atoms with van der Waals surface area (Å²) in [5.74, 6) is -0.833. The molecular weight excluding hydrogens is 1240 g/mol. The Morgan fingerprint density at radius 2 is 0.188 bits per heavy atom. The van der Waals surface area contributed by atoms with Crippen LogP contribution >= 0.6 is 124 Å². The molecule has 0 aromatic rings. The molecule has 0 atom stereocenters. The van der Waals surface area contributed by atoms with Gasteiger partial charge in [0.05, 0.1) is 0 Å². The van der Waals surface area contributed by atoms with E-state index in [9.17, 15) is 0 Å². The average molecular weight is 1290 g/mol. The second-order valence-electron chi connectivity index (χ2n) is 4.76. The van der Waals surface area contributed by atoms with Gasteiger partial charge in [0.1, 0.15) is 0 Å². The monoisotopic (exact) mass is 1290 g/mol. The van der Waals surface area contributed by atoms with Crippen LogP contribution < -0.4 is 0 Å². The maximum Gasteiger partial charge on any atom is 0.314 e. The van der Waals surface area contributed by atoms with E-state index in [4.69, 9.17) is 225 Å². The third-order valence-corrected chi connectivity index (χ3v) is 0. The van der Waals surface area contributed by atoms with Crippen LogP contribution in [0.15, 0.2) is 0 Å². The summed E-state index contributed by atoms with van der Waals surface area (Å²) in [5.41, 5.74) is 0. The van der Waals surface area contributed by atoms with E-state index in [1.807, 2.05) is 0 Å². The number of rotatable bonds is 0. The Hall–Kier alpha value is 1.72. The topological polar surface area (TPSA) is 900 Å². The van der Waals surface area contributed by atoms with E-state index in [2.05, 4.69) is 0 Å². The molecule has 62 heteroatoms. The van der Waals surface area contributed by atoms with Gasteiger partial charge in [-0.1, -0.05) is 0 Å². The summed E-state index contributed by atoms with van der Waals surface area (Å²) in [6.45, 7) is 1.08. The van der Waals surface area contributed by atoms with Gasteiger partial charge in [0.15, 0.2) is 0 Å². The zero-order valence-electron chi connectivity index (χ0n) is 29.4. The van der Waals surface area contributed by atoms with Crippen LogP contribution in [0.5, 0.6) is 0 Å². The summed E-state index contributed by atoms with van der Waals surface area (Å²) >= 11 is 0. The standard InChI is InChI=1S/C2H4O2.15H3O3P/c1-2(3)4;15*1-4(2)3/h1H3,(H,3,4);15*4H,(H2,1,2,3). The zero-order chi connectivity index (χ0) is 57.2. The lowest BCUT2D eigenvalue weighted by atomic mass is 10.9. The van der Waals surface area contributed by atoms with Crippen molar-refractivity contribution in [1.29, 1.82) is 0 Å². The van der Waals surface area contributed by atoms with Crippen molar-refractivity contribution in [3.8, 4) is 0 Å². The van der Waals surface area contributed by atoms with Gasteiger partial charge in [-0.2, -0.15) is 0 Å². The molecule has 31 N–H and O–H groups in total. The highest BCUT2D eigenvalue weighted by molar-refractivity contribution is 7.33. The van der Waals surface area contributed by atoms with Crippen molar-refractivity contribution in [2.24, 2.45) is 0 Å². The number of hydrogen-bond donors (Lipinski definition) is 31. The fourth-order valence-corrected chi connectivity index (χ4v) is 0. The summed E-state index contributed by atoms with van der Waals surface area (Å²) in [4.78, 5) is 224. The predicted molar refractivity (Wildman–Crippen MR) is 215 cm³/mol. The van der Waals surface area contributed by atoms with E-state index in [1.165, 1.54) is 0 Å². The highest BCUT2D eigenvalue weighted by Gasteiger charge is 1.67. The quantitative estimate of drug-likeness (QED) is 0.100. The minimum atomic E-state index is -3.13. The van der Waals surface area contributed by atoms with Gasteiger partial charge in [0.2, 0.25) is 0 Å². The second-order valence-corrected chi connectivity index (χ2v) is 13.2. The van der Waals surface area contributed by atoms with Gasteiger partial charge in [-0.25, -0.2) is 0 Å². The highest BCUT2D eigenvalue weighted by Crippen LogP contribution is 2.03. The Morgan fingerprint density at radius 1 is 0.188 bits per heavy atom. The molecule has 0 aliphatic carbocycles. The summed E-state index contributed by atoms with van der Waals surface area (Å²) in [6, 6.07) is 0. The van der Waals surface area contributed by atoms with Crippen LogP contribution in [0.2, 0.25) is 0 Å². The molecule has 0 saturated carbocycles. The first-order valence-electron chi connectivity index (χ1n) is 10.7. The lowest BCUT2D eigenvalue weighted by Gasteiger charge is -1.61. The lowest BCUT2D eigenvalue weighted by molar-refractivity contribution is -0.134. The minimum absolute atomic E-state index is 0.833. The average Bonchev–Trinajstić information content (AvgIpc) is 2.83. The molecule has 0 rings (SSSR count). The van der Waals surface area contributed by atoms with Crippen molar-refractivity contribution in [1.82, 2.24) is 0 Å². The van der Waals surface area contributed by atoms with Crippen molar-refractivity contribution in [2.45, 2.75) is 6.92 Å². The summed E-state index contributed by atoms with van der Waals surface area (Å²) in [5, 5.41) is 7.42. The first-order chi connectivity index (χ1) is 27.7. The molecular formula is C2H49O47P15. The van der Waals surface area contributed by atoms with Gasteiger partial charge >= 0.3 is 124 Å². The van der Waals surface area contributed by atoms with Crippen molar-refractivity contribution >= 4 is 130 Å². The summed E-state index contributed by atoms with van der Waals surface area (Å²) in [7, 11) is -46.9. The Balaban J connectivity index is -0.0000000274. The molecule has 0 aromatic carbocycles. The van der Waals surface area contributed by atoms with Crippen molar-refractivity contribution in [2.75, 3.05) is 0 Å². The zero-order valence-corrected chi connectivity index (χ0v) is 44.4. The Labute approximate surface area is 361 Å². The van der Waals surface area contributed by atoms with Crippen LogP contribution in [0.25, 0.3) is 0 Å². The number of carboxylic acids is 1. The number of hydrogen-bond acceptors (Lipinski definition) is 16. The highest BCUT2D eigenvalue weighted by atomic mass is 31.2. The number of carboxylic acid groups (broad SMARTS) is 1. The van der Waals surface area contributed by atoms with Crippen LogP contribution in [-0.4, -0.2) is 158 Å². The van der Waals surface area contributed by atoms with E-state index in [0.29, 0.717) is 0 Å². The molecule has 0 aliphatic rings. The lowest BCUT2D eigenvalue weighted by Crippen LogP contribution is -1.78. The SMILES string of the molecule is CC(=O)O.O=[PH](O)O.O=[PH](O)O.O=[PH](O)O.O=[PH](O)O.O=[PH](O)O.O=[PH](O)O.O=[PH](O)O.O=[PH](O)O.O=[PH](O)O.O=[PH](O)O.O=[PH](O)O.O=[PH](O)O.O=[PH](O)O.O=[PH](O)O.O=[PH](O)O. The molecule has 0 fully saturated rings. The first-order valence-corrected chi connectivity index (χ1v) is 30.2.